The van der Waals surface area contributed by atoms with Gasteiger partial charge in [0.1, 0.15) is 0 Å². The minimum Gasteiger partial charge on any atom is -0.337 e. The summed E-state index contributed by atoms with van der Waals surface area (Å²) >= 11 is 0. The summed E-state index contributed by atoms with van der Waals surface area (Å²) in [7, 11) is 0. The van der Waals surface area contributed by atoms with Crippen molar-refractivity contribution < 1.29 is 4.79 Å². The number of nitrogens with zero attached hydrogens (tertiary/aromatic N) is 1. The summed E-state index contributed by atoms with van der Waals surface area (Å²) in [6, 6.07) is 0. The second kappa shape index (κ2) is 3.29. The number of hydrogen-bond acceptors (Lipinski definition) is 2. The molecule has 2 rings (SSSR count). The Balaban J connectivity index is 2.13. The Labute approximate surface area is 79.5 Å². The van der Waals surface area contributed by atoms with Gasteiger partial charge >= 0.3 is 0 Å². The number of carbonyl (C=O) groups is 1. The third kappa shape index (κ3) is 1.46. The zero-order chi connectivity index (χ0) is 9.31. The lowest BCUT2D eigenvalue weighted by Gasteiger charge is -2.41. The number of carbonyl (C=O) groups excluding carboxylic acids is 1. The van der Waals surface area contributed by atoms with E-state index in [1.807, 2.05) is 0 Å². The van der Waals surface area contributed by atoms with Crippen LogP contribution in [0.4, 0.5) is 0 Å². The van der Waals surface area contributed by atoms with E-state index in [0.717, 1.165) is 32.5 Å². The molecular weight excluding hydrogens is 164 g/mol. The lowest BCUT2D eigenvalue weighted by Crippen LogP contribution is -2.52. The molecule has 0 aromatic rings. The average molecular weight is 182 g/mol. The summed E-state index contributed by atoms with van der Waals surface area (Å²) in [5.74, 6) is 0.263. The fourth-order valence-corrected chi connectivity index (χ4v) is 2.84. The van der Waals surface area contributed by atoms with E-state index >= 15 is 0 Å². The van der Waals surface area contributed by atoms with Gasteiger partial charge in [-0.1, -0.05) is 0 Å². The van der Waals surface area contributed by atoms with E-state index in [1.165, 1.54) is 12.8 Å². The molecule has 0 unspecified atom stereocenters. The van der Waals surface area contributed by atoms with Crippen LogP contribution in [0.2, 0.25) is 0 Å². The van der Waals surface area contributed by atoms with Crippen LogP contribution in [0.25, 0.3) is 0 Å². The quantitative estimate of drug-likeness (QED) is 0.599. The van der Waals surface area contributed by atoms with Crippen LogP contribution >= 0.6 is 0 Å². The van der Waals surface area contributed by atoms with Crippen LogP contribution in [-0.4, -0.2) is 36.0 Å². The summed E-state index contributed by atoms with van der Waals surface area (Å²) in [5, 5.41) is 3.36. The molecule has 0 bridgehead atoms. The highest BCUT2D eigenvalue weighted by Gasteiger charge is 2.42. The molecule has 74 valence electrons. The molecule has 3 nitrogen and oxygen atoms in total. The molecule has 1 amide bonds. The third-order valence-electron chi connectivity index (χ3n) is 3.51. The van der Waals surface area contributed by atoms with Crippen LogP contribution in [0.5, 0.6) is 0 Å². The van der Waals surface area contributed by atoms with Gasteiger partial charge in [0.2, 0.25) is 5.91 Å². The first-order valence-corrected chi connectivity index (χ1v) is 5.24. The smallest absolute Gasteiger partial charge is 0.219 e. The topological polar surface area (TPSA) is 32.3 Å². The molecule has 1 N–H and O–H groups in total. The normalized spacial score (nSPS) is 26.7. The summed E-state index contributed by atoms with van der Waals surface area (Å²) in [6.07, 6.45) is 4.70. The molecule has 3 heteroatoms. The van der Waals surface area contributed by atoms with Crippen LogP contribution in [0, 0.1) is 0 Å². The Morgan fingerprint density at radius 2 is 2.00 bits per heavy atom. The number of hydrogen-bond donors (Lipinski definition) is 1. The average Bonchev–Trinajstić information content (AvgIpc) is 2.50. The van der Waals surface area contributed by atoms with Crippen molar-refractivity contribution in [1.29, 1.82) is 0 Å². The van der Waals surface area contributed by atoms with Crippen molar-refractivity contribution >= 4 is 5.91 Å². The Morgan fingerprint density at radius 1 is 1.31 bits per heavy atom. The Bertz CT molecular complexity index is 209. The highest BCUT2D eigenvalue weighted by atomic mass is 16.2. The molecular formula is C10H18N2O. The van der Waals surface area contributed by atoms with Gasteiger partial charge in [-0.15, -0.1) is 0 Å². The van der Waals surface area contributed by atoms with Crippen molar-refractivity contribution in [3.63, 3.8) is 0 Å². The van der Waals surface area contributed by atoms with Gasteiger partial charge < -0.3 is 10.2 Å². The van der Waals surface area contributed by atoms with Gasteiger partial charge in [0.25, 0.3) is 0 Å². The molecule has 2 fully saturated rings. The van der Waals surface area contributed by atoms with E-state index < -0.39 is 0 Å². The van der Waals surface area contributed by atoms with Gasteiger partial charge in [-0.05, 0) is 38.8 Å². The molecule has 2 saturated heterocycles. The maximum Gasteiger partial charge on any atom is 0.219 e. The highest BCUT2D eigenvalue weighted by Crippen LogP contribution is 2.36. The maximum absolute atomic E-state index is 11.4. The fraction of sp³-hybridized carbons (Fsp3) is 0.900. The van der Waals surface area contributed by atoms with E-state index in [1.54, 1.807) is 6.92 Å². The van der Waals surface area contributed by atoms with Crippen molar-refractivity contribution in [2.75, 3.05) is 19.6 Å². The maximum atomic E-state index is 11.4. The fourth-order valence-electron chi connectivity index (χ4n) is 2.84. The molecule has 0 saturated carbocycles. The van der Waals surface area contributed by atoms with Gasteiger partial charge in [-0.25, -0.2) is 0 Å². The predicted octanol–water partition coefficient (Wildman–Crippen LogP) is 0.751. The first-order valence-electron chi connectivity index (χ1n) is 5.24. The van der Waals surface area contributed by atoms with Gasteiger partial charge in [-0.2, -0.15) is 0 Å². The number of nitrogens with one attached hydrogen (secondary N) is 1. The van der Waals surface area contributed by atoms with Crippen LogP contribution < -0.4 is 5.32 Å². The zero-order valence-electron chi connectivity index (χ0n) is 8.31. The molecule has 0 atom stereocenters. The summed E-state index contributed by atoms with van der Waals surface area (Å²) < 4.78 is 0. The summed E-state index contributed by atoms with van der Waals surface area (Å²) in [6.45, 7) is 4.83. The summed E-state index contributed by atoms with van der Waals surface area (Å²) in [4.78, 5) is 13.5. The van der Waals surface area contributed by atoms with Crippen molar-refractivity contribution in [1.82, 2.24) is 10.2 Å². The van der Waals surface area contributed by atoms with Crippen molar-refractivity contribution in [3.8, 4) is 0 Å². The van der Waals surface area contributed by atoms with Crippen molar-refractivity contribution in [3.05, 3.63) is 0 Å². The lowest BCUT2D eigenvalue weighted by molar-refractivity contribution is -0.133. The molecule has 2 aliphatic heterocycles. The van der Waals surface area contributed by atoms with Gasteiger partial charge in [0, 0.05) is 19.0 Å². The highest BCUT2D eigenvalue weighted by molar-refractivity contribution is 5.74. The molecule has 13 heavy (non-hydrogen) atoms. The van der Waals surface area contributed by atoms with Crippen LogP contribution in [0.1, 0.15) is 32.6 Å². The molecule has 2 aliphatic rings. The van der Waals surface area contributed by atoms with Crippen molar-refractivity contribution in [2.24, 2.45) is 0 Å². The molecule has 1 spiro atoms. The van der Waals surface area contributed by atoms with Crippen LogP contribution in [0.3, 0.4) is 0 Å². The number of likely N-dealkylation sites (tertiary alicyclic amines) is 1. The molecule has 0 aliphatic carbocycles. The Hall–Kier alpha value is -0.570. The number of piperidine rings is 1. The van der Waals surface area contributed by atoms with E-state index in [9.17, 15) is 4.79 Å². The van der Waals surface area contributed by atoms with E-state index in [2.05, 4.69) is 10.2 Å². The molecule has 0 aromatic carbocycles. The van der Waals surface area contributed by atoms with Crippen molar-refractivity contribution in [2.45, 2.75) is 38.1 Å². The number of rotatable bonds is 0. The molecule has 2 heterocycles. The second-order valence-electron chi connectivity index (χ2n) is 4.25. The zero-order valence-corrected chi connectivity index (χ0v) is 8.31. The van der Waals surface area contributed by atoms with E-state index in [4.69, 9.17) is 0 Å². The minimum absolute atomic E-state index is 0.233. The van der Waals surface area contributed by atoms with Gasteiger partial charge in [0.15, 0.2) is 0 Å². The largest absolute Gasteiger partial charge is 0.337 e. The molecule has 0 radical (unpaired) electrons. The second-order valence-corrected chi connectivity index (χ2v) is 4.25. The van der Waals surface area contributed by atoms with Crippen LogP contribution in [-0.2, 0) is 4.79 Å². The predicted molar refractivity (Wildman–Crippen MR) is 51.5 cm³/mol. The molecule has 0 aromatic heterocycles. The first-order chi connectivity index (χ1) is 6.25. The first kappa shape index (κ1) is 9.00. The lowest BCUT2D eigenvalue weighted by atomic mass is 9.86. The number of amides is 1. The van der Waals surface area contributed by atoms with Gasteiger partial charge in [0.05, 0.1) is 0 Å². The monoisotopic (exact) mass is 182 g/mol. The third-order valence-corrected chi connectivity index (χ3v) is 3.51. The Kier molecular flexibility index (Phi) is 2.28. The SMILES string of the molecule is CC(=O)N1CCCC12CCNCC2. The standard InChI is InChI=1S/C10H18N2O/c1-9(13)12-8-2-3-10(12)4-6-11-7-5-10/h11H,2-8H2,1H3. The minimum atomic E-state index is 0.233. The van der Waals surface area contributed by atoms with E-state index in [0.29, 0.717) is 0 Å². The van der Waals surface area contributed by atoms with E-state index in [-0.39, 0.29) is 11.4 Å². The Morgan fingerprint density at radius 3 is 2.62 bits per heavy atom. The van der Waals surface area contributed by atoms with Crippen LogP contribution in [0.15, 0.2) is 0 Å². The van der Waals surface area contributed by atoms with Gasteiger partial charge in [-0.3, -0.25) is 4.79 Å². The summed E-state index contributed by atoms with van der Waals surface area (Å²) in [5.41, 5.74) is 0.233.